The Kier molecular flexibility index (Phi) is 5.78. The van der Waals surface area contributed by atoms with Crippen LogP contribution < -0.4 is 10.4 Å². The zero-order valence-corrected chi connectivity index (χ0v) is 16.4. The summed E-state index contributed by atoms with van der Waals surface area (Å²) < 4.78 is 6.80. The SMILES string of the molecule is CC(=O)C[C@@H](C)O[Si](c1ccccc1)(c1ccccc1)C(C)(C)C. The molecule has 0 unspecified atom stereocenters. The van der Waals surface area contributed by atoms with Crippen LogP contribution in [0.15, 0.2) is 60.7 Å². The van der Waals surface area contributed by atoms with Crippen LogP contribution in [0.2, 0.25) is 5.04 Å². The molecule has 0 aliphatic carbocycles. The van der Waals surface area contributed by atoms with Gasteiger partial charge in [-0.05, 0) is 29.3 Å². The fourth-order valence-electron chi connectivity index (χ4n) is 3.44. The number of ketones is 1. The molecule has 0 radical (unpaired) electrons. The fraction of sp³-hybridized carbons (Fsp3) is 0.381. The van der Waals surface area contributed by atoms with Gasteiger partial charge in [-0.15, -0.1) is 0 Å². The quantitative estimate of drug-likeness (QED) is 0.745. The van der Waals surface area contributed by atoms with Gasteiger partial charge < -0.3 is 4.43 Å². The molecule has 0 bridgehead atoms. The maximum Gasteiger partial charge on any atom is 0.261 e. The summed E-state index contributed by atoms with van der Waals surface area (Å²) in [5.41, 5.74) is 0. The second-order valence-corrected chi connectivity index (χ2v) is 11.8. The lowest BCUT2D eigenvalue weighted by molar-refractivity contribution is -0.118. The average Bonchev–Trinajstić information content (AvgIpc) is 2.52. The van der Waals surface area contributed by atoms with Crippen molar-refractivity contribution in [3.05, 3.63) is 60.7 Å². The molecule has 0 N–H and O–H groups in total. The predicted molar refractivity (Wildman–Crippen MR) is 103 cm³/mol. The van der Waals surface area contributed by atoms with E-state index in [0.717, 1.165) is 0 Å². The summed E-state index contributed by atoms with van der Waals surface area (Å²) in [4.78, 5) is 11.6. The van der Waals surface area contributed by atoms with Crippen LogP contribution in [0, 0.1) is 0 Å². The number of Topliss-reactive ketones (excluding diaryl/α,β-unsaturated/α-hetero) is 1. The van der Waals surface area contributed by atoms with E-state index in [-0.39, 0.29) is 16.9 Å². The number of hydrogen-bond donors (Lipinski definition) is 0. The second-order valence-electron chi connectivity index (χ2n) is 7.50. The van der Waals surface area contributed by atoms with Gasteiger partial charge in [0.25, 0.3) is 8.32 Å². The van der Waals surface area contributed by atoms with Crippen LogP contribution in [-0.2, 0) is 9.22 Å². The minimum Gasteiger partial charge on any atom is -0.404 e. The third kappa shape index (κ3) is 3.85. The van der Waals surface area contributed by atoms with Crippen LogP contribution in [0.3, 0.4) is 0 Å². The summed E-state index contributed by atoms with van der Waals surface area (Å²) in [6, 6.07) is 21.1. The molecule has 2 aromatic carbocycles. The Balaban J connectivity index is 2.64. The van der Waals surface area contributed by atoms with Crippen molar-refractivity contribution in [2.24, 2.45) is 0 Å². The Morgan fingerprint density at radius 2 is 1.38 bits per heavy atom. The number of hydrogen-bond acceptors (Lipinski definition) is 2. The van der Waals surface area contributed by atoms with E-state index in [1.54, 1.807) is 6.92 Å². The minimum atomic E-state index is -2.53. The van der Waals surface area contributed by atoms with Crippen molar-refractivity contribution in [3.8, 4) is 0 Å². The van der Waals surface area contributed by atoms with E-state index in [2.05, 4.69) is 69.3 Å². The summed E-state index contributed by atoms with van der Waals surface area (Å²) in [5.74, 6) is 0.167. The summed E-state index contributed by atoms with van der Waals surface area (Å²) in [6.45, 7) is 10.4. The molecule has 0 saturated carbocycles. The first-order valence-electron chi connectivity index (χ1n) is 8.55. The van der Waals surface area contributed by atoms with Crippen molar-refractivity contribution < 1.29 is 9.22 Å². The highest BCUT2D eigenvalue weighted by Gasteiger charge is 2.50. The first kappa shape index (κ1) is 18.6. The van der Waals surface area contributed by atoms with Gasteiger partial charge in [0.15, 0.2) is 0 Å². The molecule has 0 spiro atoms. The van der Waals surface area contributed by atoms with E-state index in [1.807, 2.05) is 19.1 Å². The number of rotatable bonds is 6. The van der Waals surface area contributed by atoms with E-state index in [0.29, 0.717) is 6.42 Å². The van der Waals surface area contributed by atoms with Crippen LogP contribution in [0.5, 0.6) is 0 Å². The molecule has 2 nitrogen and oxygen atoms in total. The van der Waals surface area contributed by atoms with E-state index >= 15 is 0 Å². The van der Waals surface area contributed by atoms with E-state index < -0.39 is 8.32 Å². The maximum absolute atomic E-state index is 11.6. The van der Waals surface area contributed by atoms with Crippen LogP contribution in [0.1, 0.15) is 41.0 Å². The summed E-state index contributed by atoms with van der Waals surface area (Å²) in [7, 11) is -2.53. The van der Waals surface area contributed by atoms with Crippen LogP contribution in [-0.4, -0.2) is 20.2 Å². The molecule has 1 atom stereocenters. The van der Waals surface area contributed by atoms with Gasteiger partial charge in [-0.3, -0.25) is 4.79 Å². The van der Waals surface area contributed by atoms with Gasteiger partial charge in [0.2, 0.25) is 0 Å². The van der Waals surface area contributed by atoms with E-state index in [1.165, 1.54) is 10.4 Å². The van der Waals surface area contributed by atoms with Gasteiger partial charge in [0.1, 0.15) is 5.78 Å². The average molecular weight is 341 g/mol. The molecular weight excluding hydrogens is 312 g/mol. The molecule has 0 aromatic heterocycles. The Bertz CT molecular complexity index is 620. The molecule has 2 rings (SSSR count). The van der Waals surface area contributed by atoms with Gasteiger partial charge >= 0.3 is 0 Å². The lowest BCUT2D eigenvalue weighted by Gasteiger charge is -2.44. The standard InChI is InChI=1S/C21H28O2Si/c1-17(22)16-18(2)23-24(21(3,4)5,19-12-8-6-9-13-19)20-14-10-7-11-15-20/h6-15,18H,16H2,1-5H3/t18-/m1/s1. The molecule has 0 aliphatic heterocycles. The number of carbonyl (C=O) groups is 1. The Labute approximate surface area is 147 Å². The third-order valence-electron chi connectivity index (χ3n) is 4.37. The van der Waals surface area contributed by atoms with Crippen molar-refractivity contribution in [1.29, 1.82) is 0 Å². The fourth-order valence-corrected chi connectivity index (χ4v) is 8.14. The van der Waals surface area contributed by atoms with Crippen molar-refractivity contribution in [2.45, 2.75) is 52.2 Å². The van der Waals surface area contributed by atoms with Gasteiger partial charge in [-0.2, -0.15) is 0 Å². The van der Waals surface area contributed by atoms with Gasteiger partial charge in [0.05, 0.1) is 0 Å². The largest absolute Gasteiger partial charge is 0.404 e. The van der Waals surface area contributed by atoms with Crippen molar-refractivity contribution in [2.75, 3.05) is 0 Å². The van der Waals surface area contributed by atoms with E-state index in [4.69, 9.17) is 4.43 Å². The molecular formula is C21H28O2Si. The minimum absolute atomic E-state index is 0.0548. The van der Waals surface area contributed by atoms with Crippen molar-refractivity contribution in [3.63, 3.8) is 0 Å². The van der Waals surface area contributed by atoms with Crippen LogP contribution >= 0.6 is 0 Å². The highest BCUT2D eigenvalue weighted by atomic mass is 28.4. The van der Waals surface area contributed by atoms with Crippen LogP contribution in [0.25, 0.3) is 0 Å². The van der Waals surface area contributed by atoms with Gasteiger partial charge in [-0.1, -0.05) is 81.4 Å². The normalized spacial score (nSPS) is 13.5. The molecule has 2 aromatic rings. The Morgan fingerprint density at radius 3 is 1.71 bits per heavy atom. The molecule has 24 heavy (non-hydrogen) atoms. The van der Waals surface area contributed by atoms with Crippen LogP contribution in [0.4, 0.5) is 0 Å². The smallest absolute Gasteiger partial charge is 0.261 e. The zero-order valence-electron chi connectivity index (χ0n) is 15.4. The first-order chi connectivity index (χ1) is 11.3. The topological polar surface area (TPSA) is 26.3 Å². The molecule has 0 amide bonds. The number of benzene rings is 2. The second kappa shape index (κ2) is 7.45. The van der Waals surface area contributed by atoms with Gasteiger partial charge in [0, 0.05) is 12.5 Å². The van der Waals surface area contributed by atoms with Gasteiger partial charge in [-0.25, -0.2) is 0 Å². The summed E-state index contributed by atoms with van der Waals surface area (Å²) >= 11 is 0. The Morgan fingerprint density at radius 1 is 0.958 bits per heavy atom. The molecule has 0 aliphatic rings. The highest BCUT2D eigenvalue weighted by molar-refractivity contribution is 6.99. The lowest BCUT2D eigenvalue weighted by atomic mass is 10.2. The summed E-state index contributed by atoms with van der Waals surface area (Å²) in [6.07, 6.45) is 0.346. The highest BCUT2D eigenvalue weighted by Crippen LogP contribution is 2.37. The molecule has 0 fully saturated rings. The molecule has 0 heterocycles. The molecule has 0 saturated heterocycles. The van der Waals surface area contributed by atoms with Crippen molar-refractivity contribution >= 4 is 24.5 Å². The summed E-state index contributed by atoms with van der Waals surface area (Å²) in [5, 5.41) is 2.44. The Hall–Kier alpha value is -1.71. The molecule has 3 heteroatoms. The van der Waals surface area contributed by atoms with E-state index in [9.17, 15) is 4.79 Å². The third-order valence-corrected chi connectivity index (χ3v) is 9.53. The first-order valence-corrected chi connectivity index (χ1v) is 10.5. The predicted octanol–water partition coefficient (Wildman–Crippen LogP) is 3.93. The van der Waals surface area contributed by atoms with Crippen molar-refractivity contribution in [1.82, 2.24) is 0 Å². The zero-order chi connectivity index (χ0) is 17.8. The maximum atomic E-state index is 11.6. The monoisotopic (exact) mass is 340 g/mol. The molecule has 128 valence electrons. The number of carbonyl (C=O) groups excluding carboxylic acids is 1. The lowest BCUT2D eigenvalue weighted by Crippen LogP contribution is -2.67.